The molecule has 0 aliphatic heterocycles. The summed E-state index contributed by atoms with van der Waals surface area (Å²) < 4.78 is 0. The summed E-state index contributed by atoms with van der Waals surface area (Å²) in [6.45, 7) is 10.2. The highest BCUT2D eigenvalue weighted by atomic mass is 16.2. The van der Waals surface area contributed by atoms with E-state index in [9.17, 15) is 9.59 Å². The Morgan fingerprint density at radius 2 is 1.69 bits per heavy atom. The van der Waals surface area contributed by atoms with E-state index in [4.69, 9.17) is 0 Å². The lowest BCUT2D eigenvalue weighted by Gasteiger charge is -2.22. The lowest BCUT2D eigenvalue weighted by atomic mass is 10.1. The molecular formula is C11H23N3O2. The van der Waals surface area contributed by atoms with Crippen molar-refractivity contribution in [3.63, 3.8) is 0 Å². The van der Waals surface area contributed by atoms with E-state index < -0.39 is 6.03 Å². The van der Waals surface area contributed by atoms with Crippen LogP contribution < -0.4 is 16.0 Å². The van der Waals surface area contributed by atoms with Crippen LogP contribution in [0.2, 0.25) is 0 Å². The summed E-state index contributed by atoms with van der Waals surface area (Å²) in [5, 5.41) is 7.92. The lowest BCUT2D eigenvalue weighted by Crippen LogP contribution is -2.50. The van der Waals surface area contributed by atoms with Gasteiger partial charge in [-0.05, 0) is 26.7 Å². The fraction of sp³-hybridized carbons (Fsp3) is 0.818. The van der Waals surface area contributed by atoms with Crippen LogP contribution in [0.15, 0.2) is 0 Å². The summed E-state index contributed by atoms with van der Waals surface area (Å²) in [4.78, 5) is 22.7. The van der Waals surface area contributed by atoms with Gasteiger partial charge in [0.2, 0.25) is 5.91 Å². The van der Waals surface area contributed by atoms with Gasteiger partial charge in [0.05, 0.1) is 6.04 Å². The summed E-state index contributed by atoms with van der Waals surface area (Å²) in [6, 6.07) is -0.589. The molecule has 5 nitrogen and oxygen atoms in total. The fourth-order valence-electron chi connectivity index (χ4n) is 1.09. The molecule has 0 spiro atoms. The van der Waals surface area contributed by atoms with Gasteiger partial charge in [-0.1, -0.05) is 13.8 Å². The first-order chi connectivity index (χ1) is 7.38. The quantitative estimate of drug-likeness (QED) is 0.654. The molecule has 3 N–H and O–H groups in total. The molecule has 5 heteroatoms. The van der Waals surface area contributed by atoms with Crippen LogP contribution in [0.4, 0.5) is 4.79 Å². The zero-order valence-corrected chi connectivity index (χ0v) is 10.8. The number of nitrogens with one attached hydrogen (secondary N) is 3. The molecule has 16 heavy (non-hydrogen) atoms. The molecule has 94 valence electrons. The first kappa shape index (κ1) is 14.9. The Labute approximate surface area is 97.4 Å². The van der Waals surface area contributed by atoms with Gasteiger partial charge >= 0.3 is 6.03 Å². The normalized spacial score (nSPS) is 14.4. The number of hydrogen-bond donors (Lipinski definition) is 3. The minimum atomic E-state index is -0.446. The van der Waals surface area contributed by atoms with E-state index in [0.29, 0.717) is 12.5 Å². The van der Waals surface area contributed by atoms with Crippen LogP contribution >= 0.6 is 0 Å². The topological polar surface area (TPSA) is 70.2 Å². The van der Waals surface area contributed by atoms with E-state index in [1.54, 1.807) is 13.8 Å². The zero-order valence-electron chi connectivity index (χ0n) is 10.8. The Morgan fingerprint density at radius 1 is 1.12 bits per heavy atom. The maximum atomic E-state index is 11.6. The summed E-state index contributed by atoms with van der Waals surface area (Å²) in [6.07, 6.45) is 0. The van der Waals surface area contributed by atoms with E-state index in [0.717, 1.165) is 0 Å². The van der Waals surface area contributed by atoms with Crippen LogP contribution in [-0.4, -0.2) is 30.6 Å². The third-order valence-electron chi connectivity index (χ3n) is 2.48. The number of hydrogen-bond acceptors (Lipinski definition) is 3. The van der Waals surface area contributed by atoms with Crippen molar-refractivity contribution < 1.29 is 9.59 Å². The predicted octanol–water partition coefficient (Wildman–Crippen LogP) is 0.855. The largest absolute Gasteiger partial charge is 0.338 e. The van der Waals surface area contributed by atoms with E-state index in [2.05, 4.69) is 29.8 Å². The molecule has 0 aromatic heterocycles. The Balaban J connectivity index is 4.04. The van der Waals surface area contributed by atoms with Crippen LogP contribution in [0.3, 0.4) is 0 Å². The molecule has 3 amide bonds. The van der Waals surface area contributed by atoms with Gasteiger partial charge in [0, 0.05) is 12.6 Å². The van der Waals surface area contributed by atoms with E-state index in [1.807, 2.05) is 6.92 Å². The zero-order chi connectivity index (χ0) is 12.7. The van der Waals surface area contributed by atoms with Crippen molar-refractivity contribution in [1.82, 2.24) is 16.0 Å². The minimum Gasteiger partial charge on any atom is -0.338 e. The number of carbonyl (C=O) groups is 2. The van der Waals surface area contributed by atoms with E-state index >= 15 is 0 Å². The van der Waals surface area contributed by atoms with E-state index in [-0.39, 0.29) is 18.0 Å². The highest BCUT2D eigenvalue weighted by Crippen LogP contribution is 2.01. The van der Waals surface area contributed by atoms with Crippen LogP contribution in [0.25, 0.3) is 0 Å². The monoisotopic (exact) mass is 229 g/mol. The van der Waals surface area contributed by atoms with Crippen LogP contribution in [0, 0.1) is 5.92 Å². The SMILES string of the molecule is CCNC(=O)NC(=O)C(C)NC(C)C(C)C. The molecule has 0 bridgehead atoms. The fourth-order valence-corrected chi connectivity index (χ4v) is 1.09. The molecule has 0 saturated heterocycles. The van der Waals surface area contributed by atoms with Crippen LogP contribution in [0.1, 0.15) is 34.6 Å². The van der Waals surface area contributed by atoms with Gasteiger partial charge < -0.3 is 10.6 Å². The molecule has 0 aliphatic rings. The third kappa shape index (κ3) is 5.70. The first-order valence-electron chi connectivity index (χ1n) is 5.73. The Bertz CT molecular complexity index is 241. The molecule has 0 heterocycles. The second-order valence-corrected chi connectivity index (χ2v) is 4.27. The standard InChI is InChI=1S/C11H23N3O2/c1-6-12-11(16)14-10(15)9(5)13-8(4)7(2)3/h7-9,13H,6H2,1-5H3,(H2,12,14,15,16). The van der Waals surface area contributed by atoms with Gasteiger partial charge in [-0.15, -0.1) is 0 Å². The van der Waals surface area contributed by atoms with Crippen molar-refractivity contribution in [3.05, 3.63) is 0 Å². The molecule has 2 unspecified atom stereocenters. The minimum absolute atomic E-state index is 0.231. The molecule has 0 aromatic rings. The van der Waals surface area contributed by atoms with Crippen molar-refractivity contribution >= 4 is 11.9 Å². The smallest absolute Gasteiger partial charge is 0.321 e. The lowest BCUT2D eigenvalue weighted by molar-refractivity contribution is -0.121. The maximum absolute atomic E-state index is 11.6. The van der Waals surface area contributed by atoms with Gasteiger partial charge in [-0.2, -0.15) is 0 Å². The Hall–Kier alpha value is -1.10. The van der Waals surface area contributed by atoms with Crippen LogP contribution in [0.5, 0.6) is 0 Å². The number of rotatable bonds is 5. The number of urea groups is 1. The number of amides is 3. The molecule has 0 saturated carbocycles. The maximum Gasteiger partial charge on any atom is 0.321 e. The van der Waals surface area contributed by atoms with Gasteiger partial charge in [-0.25, -0.2) is 4.79 Å². The van der Waals surface area contributed by atoms with Gasteiger partial charge in [-0.3, -0.25) is 10.1 Å². The molecule has 0 rings (SSSR count). The van der Waals surface area contributed by atoms with E-state index in [1.165, 1.54) is 0 Å². The Morgan fingerprint density at radius 3 is 2.12 bits per heavy atom. The average Bonchev–Trinajstić information content (AvgIpc) is 2.17. The molecule has 0 aromatic carbocycles. The highest BCUT2D eigenvalue weighted by molar-refractivity contribution is 5.96. The van der Waals surface area contributed by atoms with Crippen molar-refractivity contribution in [2.75, 3.05) is 6.54 Å². The molecular weight excluding hydrogens is 206 g/mol. The summed E-state index contributed by atoms with van der Waals surface area (Å²) >= 11 is 0. The first-order valence-corrected chi connectivity index (χ1v) is 5.73. The second-order valence-electron chi connectivity index (χ2n) is 4.27. The number of imide groups is 1. The Kier molecular flexibility index (Phi) is 6.72. The van der Waals surface area contributed by atoms with Gasteiger partial charge in [0.15, 0.2) is 0 Å². The van der Waals surface area contributed by atoms with Gasteiger partial charge in [0.1, 0.15) is 0 Å². The highest BCUT2D eigenvalue weighted by Gasteiger charge is 2.18. The molecule has 0 aliphatic carbocycles. The summed E-state index contributed by atoms with van der Waals surface area (Å²) in [7, 11) is 0. The summed E-state index contributed by atoms with van der Waals surface area (Å²) in [5.41, 5.74) is 0. The predicted molar refractivity (Wildman–Crippen MR) is 64.1 cm³/mol. The van der Waals surface area contributed by atoms with Crippen molar-refractivity contribution in [2.45, 2.75) is 46.7 Å². The van der Waals surface area contributed by atoms with Gasteiger partial charge in [0.25, 0.3) is 0 Å². The summed E-state index contributed by atoms with van der Waals surface area (Å²) in [5.74, 6) is 0.137. The molecule has 0 radical (unpaired) electrons. The van der Waals surface area contributed by atoms with Crippen LogP contribution in [-0.2, 0) is 4.79 Å². The number of carbonyl (C=O) groups excluding carboxylic acids is 2. The third-order valence-corrected chi connectivity index (χ3v) is 2.48. The van der Waals surface area contributed by atoms with Crippen molar-refractivity contribution in [2.24, 2.45) is 5.92 Å². The molecule has 0 fully saturated rings. The average molecular weight is 229 g/mol. The van der Waals surface area contributed by atoms with Crippen molar-refractivity contribution in [1.29, 1.82) is 0 Å². The molecule has 2 atom stereocenters. The van der Waals surface area contributed by atoms with Crippen molar-refractivity contribution in [3.8, 4) is 0 Å². The second kappa shape index (κ2) is 7.22.